The van der Waals surface area contributed by atoms with Crippen LogP contribution in [0.5, 0.6) is 0 Å². The van der Waals surface area contributed by atoms with Crippen LogP contribution in [-0.4, -0.2) is 46.9 Å². The molecular weight excluding hydrogens is 274 g/mol. The molecule has 4 heteroatoms. The van der Waals surface area contributed by atoms with Gasteiger partial charge in [0.05, 0.1) is 5.69 Å². The third-order valence-corrected chi connectivity index (χ3v) is 4.77. The smallest absolute Gasteiger partial charge is 0.223 e. The maximum absolute atomic E-state index is 12.3. The van der Waals surface area contributed by atoms with E-state index in [0.717, 1.165) is 51.3 Å². The van der Waals surface area contributed by atoms with Crippen molar-refractivity contribution in [3.63, 3.8) is 0 Å². The molecule has 0 saturated carbocycles. The van der Waals surface area contributed by atoms with Gasteiger partial charge >= 0.3 is 0 Å². The normalized spacial score (nSPS) is 22.2. The monoisotopic (exact) mass is 299 g/mol. The van der Waals surface area contributed by atoms with Gasteiger partial charge in [-0.1, -0.05) is 18.2 Å². The molecule has 2 aliphatic rings. The third kappa shape index (κ3) is 3.74. The first-order chi connectivity index (χ1) is 10.7. The number of carbonyl (C=O) groups excluding carboxylic acids is 1. The lowest BCUT2D eigenvalue weighted by Gasteiger charge is -2.35. The molecular formula is C18H25N3O. The van der Waals surface area contributed by atoms with E-state index in [1.807, 2.05) is 17.2 Å². The highest BCUT2D eigenvalue weighted by Crippen LogP contribution is 2.21. The lowest BCUT2D eigenvalue weighted by Crippen LogP contribution is -2.48. The fourth-order valence-corrected chi connectivity index (χ4v) is 3.27. The number of amides is 1. The number of piperazine rings is 1. The molecule has 1 amide bonds. The molecule has 0 spiro atoms. The quantitative estimate of drug-likeness (QED) is 0.801. The zero-order chi connectivity index (χ0) is 15.4. The molecule has 1 fully saturated rings. The van der Waals surface area contributed by atoms with E-state index in [1.54, 1.807) is 0 Å². The maximum Gasteiger partial charge on any atom is 0.223 e. The van der Waals surface area contributed by atoms with Crippen molar-refractivity contribution in [2.45, 2.75) is 32.7 Å². The minimum absolute atomic E-state index is 0.324. The molecule has 1 aliphatic carbocycles. The molecule has 1 aromatic heterocycles. The average molecular weight is 299 g/mol. The Kier molecular flexibility index (Phi) is 4.88. The van der Waals surface area contributed by atoms with E-state index in [4.69, 9.17) is 0 Å². The molecule has 118 valence electrons. The van der Waals surface area contributed by atoms with Crippen LogP contribution in [0.1, 0.15) is 30.5 Å². The molecule has 22 heavy (non-hydrogen) atoms. The van der Waals surface area contributed by atoms with Crippen molar-refractivity contribution in [1.29, 1.82) is 0 Å². The topological polar surface area (TPSA) is 36.4 Å². The second kappa shape index (κ2) is 7.05. The van der Waals surface area contributed by atoms with Crippen molar-refractivity contribution in [2.75, 3.05) is 26.2 Å². The van der Waals surface area contributed by atoms with Crippen LogP contribution in [0, 0.1) is 12.8 Å². The number of pyridine rings is 1. The SMILES string of the molecule is Cc1cccnc1CN1CCN(C(=O)C[C@H]2C=CCC2)CC1. The fourth-order valence-electron chi connectivity index (χ4n) is 3.27. The summed E-state index contributed by atoms with van der Waals surface area (Å²) in [4.78, 5) is 21.2. The molecule has 1 atom stereocenters. The van der Waals surface area contributed by atoms with Gasteiger partial charge < -0.3 is 4.90 Å². The van der Waals surface area contributed by atoms with Crippen LogP contribution in [0.2, 0.25) is 0 Å². The Bertz CT molecular complexity index is 547. The van der Waals surface area contributed by atoms with Crippen molar-refractivity contribution in [3.8, 4) is 0 Å². The number of carbonyl (C=O) groups is 1. The van der Waals surface area contributed by atoms with Gasteiger partial charge in [-0.15, -0.1) is 0 Å². The van der Waals surface area contributed by atoms with E-state index in [9.17, 15) is 4.79 Å². The zero-order valence-corrected chi connectivity index (χ0v) is 13.4. The number of allylic oxidation sites excluding steroid dienone is 2. The largest absolute Gasteiger partial charge is 0.340 e. The maximum atomic E-state index is 12.3. The van der Waals surface area contributed by atoms with E-state index in [-0.39, 0.29) is 0 Å². The number of aromatic nitrogens is 1. The lowest BCUT2D eigenvalue weighted by molar-refractivity contribution is -0.133. The summed E-state index contributed by atoms with van der Waals surface area (Å²) in [6, 6.07) is 4.09. The Morgan fingerprint density at radius 1 is 1.32 bits per heavy atom. The first-order valence-corrected chi connectivity index (χ1v) is 8.29. The predicted molar refractivity (Wildman–Crippen MR) is 87.3 cm³/mol. The van der Waals surface area contributed by atoms with Gasteiger partial charge in [-0.2, -0.15) is 0 Å². The highest BCUT2D eigenvalue weighted by Gasteiger charge is 2.23. The van der Waals surface area contributed by atoms with Gasteiger partial charge in [0, 0.05) is 45.3 Å². The molecule has 1 saturated heterocycles. The standard InChI is InChI=1S/C18H25N3O/c1-15-5-4-8-19-17(15)14-20-9-11-21(12-10-20)18(22)13-16-6-2-3-7-16/h2,4-6,8,16H,3,7,9-14H2,1H3/t16-/m0/s1. The molecule has 0 aromatic carbocycles. The molecule has 0 unspecified atom stereocenters. The van der Waals surface area contributed by atoms with Crippen LogP contribution < -0.4 is 0 Å². The minimum Gasteiger partial charge on any atom is -0.340 e. The number of hydrogen-bond acceptors (Lipinski definition) is 3. The summed E-state index contributed by atoms with van der Waals surface area (Å²) in [7, 11) is 0. The Morgan fingerprint density at radius 3 is 2.82 bits per heavy atom. The molecule has 1 aliphatic heterocycles. The van der Waals surface area contributed by atoms with E-state index in [2.05, 4.69) is 35.0 Å². The van der Waals surface area contributed by atoms with Crippen molar-refractivity contribution in [2.24, 2.45) is 5.92 Å². The summed E-state index contributed by atoms with van der Waals surface area (Å²) >= 11 is 0. The summed E-state index contributed by atoms with van der Waals surface area (Å²) in [6.07, 6.45) is 9.23. The summed E-state index contributed by atoms with van der Waals surface area (Å²) in [5, 5.41) is 0. The summed E-state index contributed by atoms with van der Waals surface area (Å²) in [5.74, 6) is 0.798. The Hall–Kier alpha value is -1.68. The fraction of sp³-hybridized carbons (Fsp3) is 0.556. The Balaban J connectivity index is 1.47. The molecule has 1 aromatic rings. The van der Waals surface area contributed by atoms with E-state index in [1.165, 1.54) is 5.56 Å². The highest BCUT2D eigenvalue weighted by atomic mass is 16.2. The third-order valence-electron chi connectivity index (χ3n) is 4.77. The number of rotatable bonds is 4. The number of aryl methyl sites for hydroxylation is 1. The molecule has 0 radical (unpaired) electrons. The average Bonchev–Trinajstić information content (AvgIpc) is 3.03. The molecule has 3 rings (SSSR count). The summed E-state index contributed by atoms with van der Waals surface area (Å²) < 4.78 is 0. The van der Waals surface area contributed by atoms with E-state index >= 15 is 0 Å². The first kappa shape index (κ1) is 15.2. The van der Waals surface area contributed by atoms with Gasteiger partial charge in [-0.25, -0.2) is 0 Å². The molecule has 4 nitrogen and oxygen atoms in total. The van der Waals surface area contributed by atoms with Gasteiger partial charge in [0.15, 0.2) is 0 Å². The number of hydrogen-bond donors (Lipinski definition) is 0. The highest BCUT2D eigenvalue weighted by molar-refractivity contribution is 5.76. The van der Waals surface area contributed by atoms with Gasteiger partial charge in [-0.05, 0) is 37.3 Å². The van der Waals surface area contributed by atoms with Gasteiger partial charge in [0.25, 0.3) is 0 Å². The van der Waals surface area contributed by atoms with Crippen LogP contribution >= 0.6 is 0 Å². The lowest BCUT2D eigenvalue weighted by atomic mass is 10.0. The van der Waals surface area contributed by atoms with Gasteiger partial charge in [0.1, 0.15) is 0 Å². The van der Waals surface area contributed by atoms with Crippen molar-refractivity contribution in [3.05, 3.63) is 41.7 Å². The summed E-state index contributed by atoms with van der Waals surface area (Å²) in [5.41, 5.74) is 2.40. The van der Waals surface area contributed by atoms with Crippen LogP contribution in [0.3, 0.4) is 0 Å². The van der Waals surface area contributed by atoms with Crippen LogP contribution in [0.4, 0.5) is 0 Å². The Morgan fingerprint density at radius 2 is 2.14 bits per heavy atom. The Labute approximate surface area is 132 Å². The van der Waals surface area contributed by atoms with Crippen LogP contribution in [0.15, 0.2) is 30.5 Å². The van der Waals surface area contributed by atoms with Crippen molar-refractivity contribution in [1.82, 2.24) is 14.8 Å². The molecule has 2 heterocycles. The number of nitrogens with zero attached hydrogens (tertiary/aromatic N) is 3. The van der Waals surface area contributed by atoms with Gasteiger partial charge in [-0.3, -0.25) is 14.7 Å². The first-order valence-electron chi connectivity index (χ1n) is 8.29. The second-order valence-electron chi connectivity index (χ2n) is 6.39. The summed E-state index contributed by atoms with van der Waals surface area (Å²) in [6.45, 7) is 6.59. The van der Waals surface area contributed by atoms with E-state index < -0.39 is 0 Å². The second-order valence-corrected chi connectivity index (χ2v) is 6.39. The molecule has 0 bridgehead atoms. The predicted octanol–water partition coefficient (Wildman–Crippen LogP) is 2.39. The van der Waals surface area contributed by atoms with E-state index in [0.29, 0.717) is 18.2 Å². The van der Waals surface area contributed by atoms with Crippen LogP contribution in [0.25, 0.3) is 0 Å². The van der Waals surface area contributed by atoms with Crippen molar-refractivity contribution >= 4 is 5.91 Å². The van der Waals surface area contributed by atoms with Crippen LogP contribution in [-0.2, 0) is 11.3 Å². The van der Waals surface area contributed by atoms with Crippen molar-refractivity contribution < 1.29 is 4.79 Å². The minimum atomic E-state index is 0.324. The zero-order valence-electron chi connectivity index (χ0n) is 13.4. The molecule has 0 N–H and O–H groups in total. The van der Waals surface area contributed by atoms with Gasteiger partial charge in [0.2, 0.25) is 5.91 Å².